The van der Waals surface area contributed by atoms with Gasteiger partial charge in [-0.25, -0.2) is 4.79 Å². The van der Waals surface area contributed by atoms with Crippen LogP contribution in [0.4, 0.5) is 5.82 Å². The third-order valence-electron chi connectivity index (χ3n) is 2.71. The molecule has 0 aliphatic heterocycles. The predicted octanol–water partition coefficient (Wildman–Crippen LogP) is 2.99. The molecule has 21 heavy (non-hydrogen) atoms. The summed E-state index contributed by atoms with van der Waals surface area (Å²) in [5.74, 6) is -1.26. The topological polar surface area (TPSA) is 95.1 Å². The van der Waals surface area contributed by atoms with Crippen molar-refractivity contribution in [2.75, 3.05) is 5.32 Å². The molecule has 0 bridgehead atoms. The van der Waals surface area contributed by atoms with Gasteiger partial charge in [0.1, 0.15) is 5.69 Å². The van der Waals surface area contributed by atoms with Crippen molar-refractivity contribution >= 4 is 40.9 Å². The minimum absolute atomic E-state index is 0.0916. The molecule has 1 heterocycles. The molecule has 2 aromatic rings. The van der Waals surface area contributed by atoms with Crippen LogP contribution in [0.5, 0.6) is 0 Å². The van der Waals surface area contributed by atoms with Gasteiger partial charge in [-0.05, 0) is 24.1 Å². The Morgan fingerprint density at radius 2 is 2.05 bits per heavy atom. The zero-order valence-electron chi connectivity index (χ0n) is 10.7. The van der Waals surface area contributed by atoms with E-state index in [1.165, 1.54) is 6.07 Å². The lowest BCUT2D eigenvalue weighted by molar-refractivity contribution is -0.116. The van der Waals surface area contributed by atoms with Gasteiger partial charge in [-0.2, -0.15) is 5.10 Å². The lowest BCUT2D eigenvalue weighted by Crippen LogP contribution is -2.12. The van der Waals surface area contributed by atoms with Crippen LogP contribution >= 0.6 is 23.2 Å². The van der Waals surface area contributed by atoms with E-state index in [4.69, 9.17) is 28.3 Å². The summed E-state index contributed by atoms with van der Waals surface area (Å²) in [6.45, 7) is 0. The second-order valence-electron chi connectivity index (χ2n) is 4.26. The van der Waals surface area contributed by atoms with E-state index in [9.17, 15) is 9.59 Å². The summed E-state index contributed by atoms with van der Waals surface area (Å²) in [5, 5.41) is 18.2. The maximum atomic E-state index is 11.8. The molecule has 0 radical (unpaired) electrons. The second kappa shape index (κ2) is 6.60. The first-order valence-corrected chi connectivity index (χ1v) is 6.74. The molecule has 0 aliphatic carbocycles. The van der Waals surface area contributed by atoms with Gasteiger partial charge in [-0.3, -0.25) is 9.89 Å². The van der Waals surface area contributed by atoms with Crippen molar-refractivity contribution in [2.45, 2.75) is 12.8 Å². The van der Waals surface area contributed by atoms with Crippen molar-refractivity contribution < 1.29 is 14.7 Å². The van der Waals surface area contributed by atoms with Crippen LogP contribution in [0.3, 0.4) is 0 Å². The molecule has 1 amide bonds. The number of hydrogen-bond acceptors (Lipinski definition) is 3. The van der Waals surface area contributed by atoms with Crippen LogP contribution in [0.1, 0.15) is 22.5 Å². The summed E-state index contributed by atoms with van der Waals surface area (Å²) in [6.07, 6.45) is 0.634. The van der Waals surface area contributed by atoms with Crippen molar-refractivity contribution in [1.82, 2.24) is 10.2 Å². The fraction of sp³-hybridized carbons (Fsp3) is 0.154. The lowest BCUT2D eigenvalue weighted by atomic mass is 10.1. The van der Waals surface area contributed by atoms with Gasteiger partial charge in [-0.1, -0.05) is 29.3 Å². The number of aromatic nitrogens is 2. The number of carboxylic acid groups (broad SMARTS) is 1. The molecule has 3 N–H and O–H groups in total. The average Bonchev–Trinajstić information content (AvgIpc) is 2.86. The number of benzene rings is 1. The number of carboxylic acids is 1. The van der Waals surface area contributed by atoms with Gasteiger partial charge in [0.15, 0.2) is 5.82 Å². The normalized spacial score (nSPS) is 10.4. The third-order valence-corrected chi connectivity index (χ3v) is 3.30. The molecule has 0 fully saturated rings. The summed E-state index contributed by atoms with van der Waals surface area (Å²) in [5.41, 5.74) is 0.718. The fourth-order valence-corrected chi connectivity index (χ4v) is 2.18. The van der Waals surface area contributed by atoms with E-state index in [-0.39, 0.29) is 23.8 Å². The van der Waals surface area contributed by atoms with Gasteiger partial charge in [0.25, 0.3) is 0 Å². The smallest absolute Gasteiger partial charge is 0.353 e. The number of anilines is 1. The van der Waals surface area contributed by atoms with Crippen molar-refractivity contribution in [1.29, 1.82) is 0 Å². The third kappa shape index (κ3) is 4.21. The summed E-state index contributed by atoms with van der Waals surface area (Å²) in [7, 11) is 0. The molecule has 1 aromatic heterocycles. The summed E-state index contributed by atoms with van der Waals surface area (Å²) < 4.78 is 0. The highest BCUT2D eigenvalue weighted by atomic mass is 35.5. The lowest BCUT2D eigenvalue weighted by Gasteiger charge is -2.05. The highest BCUT2D eigenvalue weighted by molar-refractivity contribution is 6.35. The largest absolute Gasteiger partial charge is 0.477 e. The molecule has 8 heteroatoms. The molecule has 1 aromatic carbocycles. The number of carbonyl (C=O) groups is 2. The first-order valence-electron chi connectivity index (χ1n) is 5.98. The van der Waals surface area contributed by atoms with Crippen LogP contribution in [-0.4, -0.2) is 27.2 Å². The fourth-order valence-electron chi connectivity index (χ4n) is 1.67. The quantitative estimate of drug-likeness (QED) is 0.786. The van der Waals surface area contributed by atoms with Crippen molar-refractivity contribution in [2.24, 2.45) is 0 Å². The molecule has 0 atom stereocenters. The van der Waals surface area contributed by atoms with E-state index >= 15 is 0 Å². The number of aryl methyl sites for hydroxylation is 1. The van der Waals surface area contributed by atoms with E-state index in [0.717, 1.165) is 5.56 Å². The van der Waals surface area contributed by atoms with E-state index in [0.29, 0.717) is 16.5 Å². The molecule has 0 aliphatic rings. The SMILES string of the molecule is O=C(CCc1ccc(Cl)cc1Cl)Nc1cc(C(=O)O)[nH]n1. The maximum Gasteiger partial charge on any atom is 0.353 e. The maximum absolute atomic E-state index is 11.8. The summed E-state index contributed by atoms with van der Waals surface area (Å²) in [6, 6.07) is 6.32. The number of H-pyrrole nitrogens is 1. The highest BCUT2D eigenvalue weighted by Crippen LogP contribution is 2.22. The average molecular weight is 328 g/mol. The highest BCUT2D eigenvalue weighted by Gasteiger charge is 2.11. The van der Waals surface area contributed by atoms with Gasteiger partial charge in [0.05, 0.1) is 0 Å². The zero-order valence-corrected chi connectivity index (χ0v) is 12.2. The Balaban J connectivity index is 1.91. The number of rotatable bonds is 5. The monoisotopic (exact) mass is 327 g/mol. The molecule has 6 nitrogen and oxygen atoms in total. The van der Waals surface area contributed by atoms with Crippen LogP contribution in [0.25, 0.3) is 0 Å². The second-order valence-corrected chi connectivity index (χ2v) is 5.10. The first-order chi connectivity index (χ1) is 9.95. The number of nitrogens with zero attached hydrogens (tertiary/aromatic N) is 1. The Bertz CT molecular complexity index is 685. The predicted molar refractivity (Wildman–Crippen MR) is 79.0 cm³/mol. The van der Waals surface area contributed by atoms with Gasteiger partial charge >= 0.3 is 5.97 Å². The van der Waals surface area contributed by atoms with Crippen LogP contribution in [0, 0.1) is 0 Å². The minimum Gasteiger partial charge on any atom is -0.477 e. The molecule has 2 rings (SSSR count). The van der Waals surface area contributed by atoms with Crippen LogP contribution in [-0.2, 0) is 11.2 Å². The number of halogens is 2. The summed E-state index contributed by atoms with van der Waals surface area (Å²) >= 11 is 11.8. The van der Waals surface area contributed by atoms with E-state index in [1.54, 1.807) is 18.2 Å². The molecule has 0 saturated heterocycles. The Labute approximate surface area is 130 Å². The molecular weight excluding hydrogens is 317 g/mol. The number of aromatic carboxylic acids is 1. The Kier molecular flexibility index (Phi) is 4.82. The summed E-state index contributed by atoms with van der Waals surface area (Å²) in [4.78, 5) is 22.4. The molecule has 0 saturated carbocycles. The van der Waals surface area contributed by atoms with Gasteiger partial charge in [-0.15, -0.1) is 0 Å². The number of amides is 1. The van der Waals surface area contributed by atoms with Crippen molar-refractivity contribution in [3.63, 3.8) is 0 Å². The Hall–Kier alpha value is -2.05. The Morgan fingerprint density at radius 3 is 2.67 bits per heavy atom. The minimum atomic E-state index is -1.14. The number of aromatic amines is 1. The first kappa shape index (κ1) is 15.3. The van der Waals surface area contributed by atoms with Gasteiger partial charge in [0, 0.05) is 22.5 Å². The van der Waals surface area contributed by atoms with E-state index in [2.05, 4.69) is 15.5 Å². The molecule has 0 unspecified atom stereocenters. The van der Waals surface area contributed by atoms with Crippen LogP contribution in [0.2, 0.25) is 10.0 Å². The standard InChI is InChI=1S/C13H11Cl2N3O3/c14-8-3-1-7(9(15)5-8)2-4-12(19)16-11-6-10(13(20)21)17-18-11/h1,3,5-6H,2,4H2,(H,20,21)(H2,16,17,18,19). The van der Waals surface area contributed by atoms with Gasteiger partial charge in [0.2, 0.25) is 5.91 Å². The van der Waals surface area contributed by atoms with Crippen LogP contribution < -0.4 is 5.32 Å². The van der Waals surface area contributed by atoms with Gasteiger partial charge < -0.3 is 10.4 Å². The van der Waals surface area contributed by atoms with E-state index < -0.39 is 5.97 Å². The molecule has 0 spiro atoms. The molecule has 110 valence electrons. The van der Waals surface area contributed by atoms with Crippen molar-refractivity contribution in [3.05, 3.63) is 45.6 Å². The van der Waals surface area contributed by atoms with E-state index in [1.807, 2.05) is 0 Å². The van der Waals surface area contributed by atoms with Crippen molar-refractivity contribution in [3.8, 4) is 0 Å². The Morgan fingerprint density at radius 1 is 1.29 bits per heavy atom. The molecular formula is C13H11Cl2N3O3. The number of carbonyl (C=O) groups excluding carboxylic acids is 1. The number of hydrogen-bond donors (Lipinski definition) is 3. The van der Waals surface area contributed by atoms with Crippen LogP contribution in [0.15, 0.2) is 24.3 Å². The zero-order chi connectivity index (χ0) is 15.4. The number of nitrogens with one attached hydrogen (secondary N) is 2.